The van der Waals surface area contributed by atoms with Crippen LogP contribution in [0.1, 0.15) is 43.4 Å². The molecule has 4 nitrogen and oxygen atoms in total. The number of aromatic nitrogens is 2. The van der Waals surface area contributed by atoms with E-state index in [0.29, 0.717) is 0 Å². The first-order valence-corrected chi connectivity index (χ1v) is 7.09. The van der Waals surface area contributed by atoms with Gasteiger partial charge in [-0.3, -0.25) is 5.32 Å². The highest BCUT2D eigenvalue weighted by molar-refractivity contribution is 5.51. The van der Waals surface area contributed by atoms with Crippen LogP contribution in [0.4, 0.5) is 0 Å². The largest absolute Gasteiger partial charge is 0.374 e. The summed E-state index contributed by atoms with van der Waals surface area (Å²) in [6, 6.07) is 4.07. The van der Waals surface area contributed by atoms with E-state index in [0.717, 1.165) is 29.0 Å². The zero-order valence-electron chi connectivity index (χ0n) is 12.6. The lowest BCUT2D eigenvalue weighted by molar-refractivity contribution is 0.134. The van der Waals surface area contributed by atoms with Crippen LogP contribution in [0.3, 0.4) is 0 Å². The van der Waals surface area contributed by atoms with Crippen LogP contribution in [-0.4, -0.2) is 20.5 Å². The fourth-order valence-corrected chi connectivity index (χ4v) is 2.36. The summed E-state index contributed by atoms with van der Waals surface area (Å²) >= 11 is 0. The summed E-state index contributed by atoms with van der Waals surface area (Å²) in [5.41, 5.74) is 3.70. The Balaban J connectivity index is 2.26. The molecule has 4 heteroatoms. The van der Waals surface area contributed by atoms with Gasteiger partial charge >= 0.3 is 0 Å². The third-order valence-electron chi connectivity index (χ3n) is 3.35. The second-order valence-electron chi connectivity index (χ2n) is 5.20. The van der Waals surface area contributed by atoms with Crippen LogP contribution in [0.5, 0.6) is 0 Å². The van der Waals surface area contributed by atoms with Crippen molar-refractivity contribution in [3.8, 4) is 0 Å². The van der Waals surface area contributed by atoms with Gasteiger partial charge in [0.25, 0.3) is 0 Å². The Morgan fingerprint density at radius 3 is 2.90 bits per heavy atom. The van der Waals surface area contributed by atoms with Gasteiger partial charge in [0, 0.05) is 29.2 Å². The van der Waals surface area contributed by atoms with Crippen molar-refractivity contribution in [2.24, 2.45) is 0 Å². The summed E-state index contributed by atoms with van der Waals surface area (Å²) in [5.74, 6) is 0. The number of fused-ring (bicyclic) bond motifs is 1. The minimum atomic E-state index is -0.717. The molecule has 0 saturated heterocycles. The molecule has 2 heterocycles. The van der Waals surface area contributed by atoms with E-state index in [4.69, 9.17) is 0 Å². The SMILES string of the molecule is CC/C=C\[C@H](C)NC(O)c1ccn2c(C)cc(C)nc12. The Hall–Kier alpha value is -1.65. The van der Waals surface area contributed by atoms with Crippen LogP contribution in [0.2, 0.25) is 0 Å². The van der Waals surface area contributed by atoms with Crippen LogP contribution in [0, 0.1) is 13.8 Å². The number of aryl methyl sites for hydroxylation is 2. The summed E-state index contributed by atoms with van der Waals surface area (Å²) in [5, 5.41) is 13.5. The van der Waals surface area contributed by atoms with Crippen molar-refractivity contribution in [3.63, 3.8) is 0 Å². The van der Waals surface area contributed by atoms with Crippen molar-refractivity contribution in [3.05, 3.63) is 47.4 Å². The van der Waals surface area contributed by atoms with E-state index in [1.165, 1.54) is 0 Å². The van der Waals surface area contributed by atoms with Crippen molar-refractivity contribution >= 4 is 5.65 Å². The molecule has 2 atom stereocenters. The van der Waals surface area contributed by atoms with Gasteiger partial charge in [0.2, 0.25) is 0 Å². The normalized spacial score (nSPS) is 15.1. The Bertz CT molecular complexity index is 615. The summed E-state index contributed by atoms with van der Waals surface area (Å²) in [6.07, 6.45) is 6.38. The van der Waals surface area contributed by atoms with Crippen LogP contribution in [-0.2, 0) is 0 Å². The molecule has 0 aliphatic carbocycles. The molecule has 2 aromatic rings. The van der Waals surface area contributed by atoms with Gasteiger partial charge in [0.15, 0.2) is 0 Å². The number of aliphatic hydroxyl groups is 1. The van der Waals surface area contributed by atoms with E-state index in [2.05, 4.69) is 29.4 Å². The lowest BCUT2D eigenvalue weighted by Gasteiger charge is -2.16. The molecule has 0 saturated carbocycles. The first-order chi connectivity index (χ1) is 9.52. The highest BCUT2D eigenvalue weighted by atomic mass is 16.3. The van der Waals surface area contributed by atoms with Crippen LogP contribution in [0.15, 0.2) is 30.5 Å². The summed E-state index contributed by atoms with van der Waals surface area (Å²) < 4.78 is 2.00. The van der Waals surface area contributed by atoms with Crippen molar-refractivity contribution < 1.29 is 5.11 Å². The van der Waals surface area contributed by atoms with Gasteiger partial charge < -0.3 is 9.51 Å². The van der Waals surface area contributed by atoms with Gasteiger partial charge in [0.05, 0.1) is 0 Å². The number of allylic oxidation sites excluding steroid dienone is 1. The average Bonchev–Trinajstić information content (AvgIpc) is 2.80. The monoisotopic (exact) mass is 273 g/mol. The Morgan fingerprint density at radius 1 is 1.45 bits per heavy atom. The van der Waals surface area contributed by atoms with Gasteiger partial charge in [-0.2, -0.15) is 0 Å². The van der Waals surface area contributed by atoms with E-state index in [1.54, 1.807) is 0 Å². The van der Waals surface area contributed by atoms with Crippen molar-refractivity contribution in [1.29, 1.82) is 0 Å². The molecule has 0 amide bonds. The van der Waals surface area contributed by atoms with E-state index in [9.17, 15) is 5.11 Å². The van der Waals surface area contributed by atoms with Crippen LogP contribution in [0.25, 0.3) is 5.65 Å². The lowest BCUT2D eigenvalue weighted by atomic mass is 10.2. The molecule has 2 N–H and O–H groups in total. The van der Waals surface area contributed by atoms with E-state index in [-0.39, 0.29) is 6.04 Å². The number of hydrogen-bond donors (Lipinski definition) is 2. The standard InChI is InChI=1S/C16H23N3O/c1-5-6-7-11(2)18-16(20)14-8-9-19-13(4)10-12(3)17-15(14)19/h6-11,16,18,20H,5H2,1-4H3/b7-6-/t11-,16?/m0/s1. The first kappa shape index (κ1) is 14.8. The molecule has 0 aliphatic heterocycles. The molecule has 0 radical (unpaired) electrons. The predicted octanol–water partition coefficient (Wildman–Crippen LogP) is 2.89. The topological polar surface area (TPSA) is 49.6 Å². The molecule has 2 aromatic heterocycles. The quantitative estimate of drug-likeness (QED) is 0.650. The molecule has 0 bridgehead atoms. The first-order valence-electron chi connectivity index (χ1n) is 7.09. The molecule has 0 aromatic carbocycles. The van der Waals surface area contributed by atoms with Crippen LogP contribution < -0.4 is 5.32 Å². The molecular formula is C16H23N3O. The van der Waals surface area contributed by atoms with Gasteiger partial charge in [-0.25, -0.2) is 4.98 Å². The van der Waals surface area contributed by atoms with E-state index < -0.39 is 6.23 Å². The molecule has 108 valence electrons. The van der Waals surface area contributed by atoms with E-state index >= 15 is 0 Å². The highest BCUT2D eigenvalue weighted by Crippen LogP contribution is 2.19. The fraction of sp³-hybridized carbons (Fsp3) is 0.438. The number of nitrogens with zero attached hydrogens (tertiary/aromatic N) is 2. The molecule has 0 fully saturated rings. The Kier molecular flexibility index (Phi) is 4.57. The zero-order chi connectivity index (χ0) is 14.7. The third kappa shape index (κ3) is 3.08. The van der Waals surface area contributed by atoms with Gasteiger partial charge in [-0.1, -0.05) is 19.1 Å². The van der Waals surface area contributed by atoms with Crippen molar-refractivity contribution in [1.82, 2.24) is 14.7 Å². The Morgan fingerprint density at radius 2 is 2.20 bits per heavy atom. The summed E-state index contributed by atoms with van der Waals surface area (Å²) in [6.45, 7) is 8.13. The minimum Gasteiger partial charge on any atom is -0.374 e. The number of aliphatic hydroxyl groups excluding tert-OH is 1. The minimum absolute atomic E-state index is 0.116. The zero-order valence-corrected chi connectivity index (χ0v) is 12.6. The number of hydrogen-bond acceptors (Lipinski definition) is 3. The van der Waals surface area contributed by atoms with Gasteiger partial charge in [0.1, 0.15) is 11.9 Å². The molecule has 1 unspecified atom stereocenters. The van der Waals surface area contributed by atoms with Crippen LogP contribution >= 0.6 is 0 Å². The number of rotatable bonds is 5. The van der Waals surface area contributed by atoms with Crippen molar-refractivity contribution in [2.75, 3.05) is 0 Å². The lowest BCUT2D eigenvalue weighted by Crippen LogP contribution is -2.28. The van der Waals surface area contributed by atoms with Gasteiger partial charge in [-0.15, -0.1) is 0 Å². The smallest absolute Gasteiger partial charge is 0.144 e. The predicted molar refractivity (Wildman–Crippen MR) is 81.7 cm³/mol. The second kappa shape index (κ2) is 6.20. The maximum atomic E-state index is 10.4. The highest BCUT2D eigenvalue weighted by Gasteiger charge is 2.15. The third-order valence-corrected chi connectivity index (χ3v) is 3.35. The van der Waals surface area contributed by atoms with Gasteiger partial charge in [-0.05, 0) is 39.3 Å². The molecule has 2 rings (SSSR count). The average molecular weight is 273 g/mol. The maximum Gasteiger partial charge on any atom is 0.144 e. The summed E-state index contributed by atoms with van der Waals surface area (Å²) in [7, 11) is 0. The Labute approximate surface area is 120 Å². The van der Waals surface area contributed by atoms with E-state index in [1.807, 2.05) is 43.5 Å². The number of nitrogens with one attached hydrogen (secondary N) is 1. The van der Waals surface area contributed by atoms with Crippen molar-refractivity contribution in [2.45, 2.75) is 46.4 Å². The maximum absolute atomic E-state index is 10.4. The molecular weight excluding hydrogens is 250 g/mol. The second-order valence-corrected chi connectivity index (χ2v) is 5.20. The molecule has 0 spiro atoms. The molecule has 0 aliphatic rings. The summed E-state index contributed by atoms with van der Waals surface area (Å²) in [4.78, 5) is 4.53. The molecule has 20 heavy (non-hydrogen) atoms. The fourth-order valence-electron chi connectivity index (χ4n) is 2.36.